The van der Waals surface area contributed by atoms with Crippen molar-refractivity contribution in [3.05, 3.63) is 83.6 Å². The fourth-order valence-electron chi connectivity index (χ4n) is 5.31. The van der Waals surface area contributed by atoms with Crippen LogP contribution in [0.4, 0.5) is 0 Å². The quantitative estimate of drug-likeness (QED) is 0.177. The average Bonchev–Trinajstić information content (AvgIpc) is 3.26. The first-order chi connectivity index (χ1) is 19.5. The Morgan fingerprint density at radius 2 is 1.59 bits per heavy atom. The molecule has 4 aromatic rings. The van der Waals surface area contributed by atoms with E-state index in [1.54, 1.807) is 0 Å². The maximum Gasteiger partial charge on any atom is 0.353 e. The van der Waals surface area contributed by atoms with Crippen LogP contribution in [-0.2, 0) is 12.0 Å². The highest BCUT2D eigenvalue weighted by Crippen LogP contribution is 2.35. The number of nitrogens with one attached hydrogen (secondary N) is 1. The first-order valence-electron chi connectivity index (χ1n) is 14.7. The van der Waals surface area contributed by atoms with Crippen LogP contribution in [0, 0.1) is 0 Å². The van der Waals surface area contributed by atoms with Crippen LogP contribution in [0.1, 0.15) is 70.1 Å². The molecule has 0 spiro atoms. The average molecular weight is 556 g/mol. The van der Waals surface area contributed by atoms with Crippen molar-refractivity contribution in [1.82, 2.24) is 14.8 Å². The first-order valence-corrected chi connectivity index (χ1v) is 14.7. The largest absolute Gasteiger partial charge is 0.491 e. The molecule has 0 aliphatic rings. The molecule has 1 aromatic heterocycles. The molecule has 0 saturated heterocycles. The van der Waals surface area contributed by atoms with Crippen LogP contribution in [-0.4, -0.2) is 52.8 Å². The topological polar surface area (TPSA) is 66.7 Å². The van der Waals surface area contributed by atoms with E-state index in [9.17, 15) is 9.90 Å². The third-order valence-corrected chi connectivity index (χ3v) is 7.63. The zero-order chi connectivity index (χ0) is 29.7. The summed E-state index contributed by atoms with van der Waals surface area (Å²) in [4.78, 5) is 15.2. The van der Waals surface area contributed by atoms with Gasteiger partial charge < -0.3 is 24.6 Å². The first kappa shape index (κ1) is 30.4. The minimum atomic E-state index is -0.944. The summed E-state index contributed by atoms with van der Waals surface area (Å²) in [5, 5.41) is 15.0. The minimum absolute atomic E-state index is 0.0627. The highest BCUT2D eigenvalue weighted by molar-refractivity contribution is 6.01. The molecule has 4 rings (SSSR count). The van der Waals surface area contributed by atoms with Crippen molar-refractivity contribution in [2.45, 2.75) is 66.5 Å². The van der Waals surface area contributed by atoms with Crippen molar-refractivity contribution in [3.8, 4) is 22.6 Å². The number of hydrogen-bond acceptors (Lipinski definition) is 4. The van der Waals surface area contributed by atoms with Gasteiger partial charge in [0.2, 0.25) is 0 Å². The SMILES string of the molecule is CCN(CC)CCNCc1c(C(=O)O)n(-c2ccc(OC(C)C)cc2)c2ccc(-c3ccc(C(C)(C)C)cc3)cc12. The van der Waals surface area contributed by atoms with Crippen molar-refractivity contribution in [1.29, 1.82) is 0 Å². The Morgan fingerprint density at radius 3 is 2.15 bits per heavy atom. The number of carboxylic acids is 1. The van der Waals surface area contributed by atoms with Gasteiger partial charge in [-0.25, -0.2) is 4.79 Å². The van der Waals surface area contributed by atoms with Gasteiger partial charge in [0.25, 0.3) is 0 Å². The normalized spacial score (nSPS) is 12.0. The van der Waals surface area contributed by atoms with E-state index in [0.717, 1.165) is 65.2 Å². The molecular formula is C35H45N3O3. The van der Waals surface area contributed by atoms with Gasteiger partial charge in [-0.15, -0.1) is 0 Å². The molecule has 0 saturated carbocycles. The lowest BCUT2D eigenvalue weighted by Crippen LogP contribution is -2.31. The molecule has 1 heterocycles. The molecule has 218 valence electrons. The van der Waals surface area contributed by atoms with Gasteiger partial charge in [0.1, 0.15) is 11.4 Å². The molecule has 0 amide bonds. The number of nitrogens with zero attached hydrogens (tertiary/aromatic N) is 2. The van der Waals surface area contributed by atoms with Gasteiger partial charge in [-0.3, -0.25) is 0 Å². The van der Waals surface area contributed by atoms with E-state index in [2.05, 4.69) is 81.2 Å². The van der Waals surface area contributed by atoms with Gasteiger partial charge in [0, 0.05) is 36.3 Å². The number of ether oxygens (including phenoxy) is 1. The van der Waals surface area contributed by atoms with Crippen LogP contribution in [0.15, 0.2) is 66.7 Å². The molecule has 0 bridgehead atoms. The molecule has 0 fully saturated rings. The highest BCUT2D eigenvalue weighted by atomic mass is 16.5. The van der Waals surface area contributed by atoms with Crippen LogP contribution >= 0.6 is 0 Å². The molecule has 0 radical (unpaired) electrons. The number of fused-ring (bicyclic) bond motifs is 1. The summed E-state index contributed by atoms with van der Waals surface area (Å²) < 4.78 is 7.70. The van der Waals surface area contributed by atoms with Crippen molar-refractivity contribution < 1.29 is 14.6 Å². The van der Waals surface area contributed by atoms with Crippen molar-refractivity contribution in [2.75, 3.05) is 26.2 Å². The zero-order valence-electron chi connectivity index (χ0n) is 25.6. The maximum absolute atomic E-state index is 12.8. The predicted octanol–water partition coefficient (Wildman–Crippen LogP) is 7.51. The molecule has 0 atom stereocenters. The summed E-state index contributed by atoms with van der Waals surface area (Å²) in [6.45, 7) is 19.1. The number of benzene rings is 3. The third kappa shape index (κ3) is 7.00. The maximum atomic E-state index is 12.8. The van der Waals surface area contributed by atoms with E-state index in [-0.39, 0.29) is 17.2 Å². The third-order valence-electron chi connectivity index (χ3n) is 7.63. The van der Waals surface area contributed by atoms with E-state index in [4.69, 9.17) is 4.74 Å². The number of aromatic nitrogens is 1. The monoisotopic (exact) mass is 555 g/mol. The Kier molecular flexibility index (Phi) is 9.57. The Morgan fingerprint density at radius 1 is 0.951 bits per heavy atom. The summed E-state index contributed by atoms with van der Waals surface area (Å²) in [5.74, 6) is -0.184. The molecule has 0 aliphatic heterocycles. The van der Waals surface area contributed by atoms with Gasteiger partial charge in [-0.05, 0) is 85.4 Å². The predicted molar refractivity (Wildman–Crippen MR) is 170 cm³/mol. The molecule has 2 N–H and O–H groups in total. The minimum Gasteiger partial charge on any atom is -0.491 e. The summed E-state index contributed by atoms with van der Waals surface area (Å²) in [6, 6.07) is 22.6. The summed E-state index contributed by atoms with van der Waals surface area (Å²) >= 11 is 0. The summed E-state index contributed by atoms with van der Waals surface area (Å²) in [5.41, 5.74) is 6.28. The fourth-order valence-corrected chi connectivity index (χ4v) is 5.31. The van der Waals surface area contributed by atoms with Crippen molar-refractivity contribution in [3.63, 3.8) is 0 Å². The fraction of sp³-hybridized carbons (Fsp3) is 0.400. The number of carboxylic acid groups (broad SMARTS) is 1. The number of hydrogen-bond donors (Lipinski definition) is 2. The second-order valence-corrected chi connectivity index (χ2v) is 11.9. The second-order valence-electron chi connectivity index (χ2n) is 11.9. The number of likely N-dealkylation sites (N-methyl/N-ethyl adjacent to an activating group) is 1. The van der Waals surface area contributed by atoms with E-state index in [1.165, 1.54) is 5.56 Å². The lowest BCUT2D eigenvalue weighted by Gasteiger charge is -2.19. The summed E-state index contributed by atoms with van der Waals surface area (Å²) in [7, 11) is 0. The smallest absolute Gasteiger partial charge is 0.353 e. The van der Waals surface area contributed by atoms with Crippen LogP contribution < -0.4 is 10.1 Å². The molecule has 0 aliphatic carbocycles. The molecule has 6 heteroatoms. The van der Waals surface area contributed by atoms with Crippen molar-refractivity contribution in [2.24, 2.45) is 0 Å². The van der Waals surface area contributed by atoms with E-state index in [1.807, 2.05) is 48.7 Å². The Balaban J connectivity index is 1.81. The molecule has 3 aromatic carbocycles. The van der Waals surface area contributed by atoms with Gasteiger partial charge in [0.15, 0.2) is 0 Å². The van der Waals surface area contributed by atoms with Crippen LogP contribution in [0.25, 0.3) is 27.7 Å². The molecular weight excluding hydrogens is 510 g/mol. The van der Waals surface area contributed by atoms with Gasteiger partial charge in [-0.1, -0.05) is 65.0 Å². The number of carbonyl (C=O) groups is 1. The van der Waals surface area contributed by atoms with Crippen LogP contribution in [0.5, 0.6) is 5.75 Å². The van der Waals surface area contributed by atoms with E-state index < -0.39 is 5.97 Å². The van der Waals surface area contributed by atoms with Gasteiger partial charge in [0.05, 0.1) is 11.6 Å². The van der Waals surface area contributed by atoms with Crippen LogP contribution in [0.2, 0.25) is 0 Å². The van der Waals surface area contributed by atoms with Gasteiger partial charge >= 0.3 is 5.97 Å². The van der Waals surface area contributed by atoms with Crippen LogP contribution in [0.3, 0.4) is 0 Å². The number of rotatable bonds is 12. The standard InChI is InChI=1S/C35H45N3O3/c1-8-37(9-2)21-20-36-23-31-30-22-26(25-10-13-27(14-11-25)35(5,6)7)12-19-32(30)38(33(31)34(39)40)28-15-17-29(18-16-28)41-24(3)4/h10-19,22,24,36H,8-9,20-21,23H2,1-7H3,(H,39,40). The molecule has 6 nitrogen and oxygen atoms in total. The summed E-state index contributed by atoms with van der Waals surface area (Å²) in [6.07, 6.45) is 0.0627. The molecule has 0 unspecified atom stereocenters. The number of aromatic carboxylic acids is 1. The van der Waals surface area contributed by atoms with E-state index in [0.29, 0.717) is 6.54 Å². The second kappa shape index (κ2) is 12.9. The Labute approximate surface area is 244 Å². The zero-order valence-corrected chi connectivity index (χ0v) is 25.6. The lowest BCUT2D eigenvalue weighted by atomic mass is 9.86. The van der Waals surface area contributed by atoms with Gasteiger partial charge in [-0.2, -0.15) is 0 Å². The Hall–Kier alpha value is -3.61. The molecule has 41 heavy (non-hydrogen) atoms. The Bertz CT molecular complexity index is 1460. The van der Waals surface area contributed by atoms with E-state index >= 15 is 0 Å². The lowest BCUT2D eigenvalue weighted by molar-refractivity contribution is 0.0687. The highest BCUT2D eigenvalue weighted by Gasteiger charge is 2.24. The van der Waals surface area contributed by atoms with Crippen molar-refractivity contribution >= 4 is 16.9 Å².